The van der Waals surface area contributed by atoms with Crippen LogP contribution in [-0.4, -0.2) is 31.8 Å². The molecule has 1 unspecified atom stereocenters. The molecule has 0 fully saturated rings. The zero-order valence-electron chi connectivity index (χ0n) is 13.0. The van der Waals surface area contributed by atoms with E-state index >= 15 is 0 Å². The summed E-state index contributed by atoms with van der Waals surface area (Å²) in [5.41, 5.74) is 4.75. The van der Waals surface area contributed by atoms with Crippen molar-refractivity contribution in [2.45, 2.75) is 46.2 Å². The fourth-order valence-corrected chi connectivity index (χ4v) is 2.59. The van der Waals surface area contributed by atoms with Crippen molar-refractivity contribution in [1.29, 1.82) is 0 Å². The second-order valence-corrected chi connectivity index (χ2v) is 5.20. The van der Waals surface area contributed by atoms with Gasteiger partial charge in [-0.25, -0.2) is 4.68 Å². The second kappa shape index (κ2) is 6.17. The van der Waals surface area contributed by atoms with Crippen LogP contribution in [0.4, 0.5) is 0 Å². The number of hydrogen-bond donors (Lipinski definition) is 1. The van der Waals surface area contributed by atoms with Crippen LogP contribution < -0.4 is 5.32 Å². The molecular formula is C14H24N6. The first-order valence-electron chi connectivity index (χ1n) is 7.13. The van der Waals surface area contributed by atoms with E-state index in [1.807, 2.05) is 29.7 Å². The summed E-state index contributed by atoms with van der Waals surface area (Å²) in [4.78, 5) is 0. The monoisotopic (exact) mass is 276 g/mol. The number of nitrogens with one attached hydrogen (secondary N) is 1. The SMILES string of the molecule is CCCn1nncc1C(Cc1c(C)nn(C)c1C)NC. The van der Waals surface area contributed by atoms with Gasteiger partial charge in [0.05, 0.1) is 23.6 Å². The van der Waals surface area contributed by atoms with E-state index in [2.05, 4.69) is 41.5 Å². The molecule has 1 atom stereocenters. The van der Waals surface area contributed by atoms with Crippen LogP contribution in [0.2, 0.25) is 0 Å². The van der Waals surface area contributed by atoms with Crippen LogP contribution in [0.15, 0.2) is 6.20 Å². The number of hydrogen-bond acceptors (Lipinski definition) is 4. The van der Waals surface area contributed by atoms with E-state index in [-0.39, 0.29) is 6.04 Å². The third kappa shape index (κ3) is 2.75. The lowest BCUT2D eigenvalue weighted by Gasteiger charge is -2.17. The minimum absolute atomic E-state index is 0.207. The van der Waals surface area contributed by atoms with E-state index < -0.39 is 0 Å². The van der Waals surface area contributed by atoms with Gasteiger partial charge in [0.1, 0.15) is 0 Å². The highest BCUT2D eigenvalue weighted by Gasteiger charge is 2.19. The van der Waals surface area contributed by atoms with Crippen LogP contribution in [0, 0.1) is 13.8 Å². The third-order valence-corrected chi connectivity index (χ3v) is 3.86. The second-order valence-electron chi connectivity index (χ2n) is 5.20. The summed E-state index contributed by atoms with van der Waals surface area (Å²) >= 11 is 0. The molecular weight excluding hydrogens is 252 g/mol. The van der Waals surface area contributed by atoms with Crippen LogP contribution in [0.3, 0.4) is 0 Å². The molecule has 6 heteroatoms. The Bertz CT molecular complexity index is 568. The number of aromatic nitrogens is 5. The minimum Gasteiger partial charge on any atom is -0.311 e. The predicted octanol–water partition coefficient (Wildman–Crippen LogP) is 1.54. The first-order valence-corrected chi connectivity index (χ1v) is 7.13. The minimum atomic E-state index is 0.207. The largest absolute Gasteiger partial charge is 0.311 e. The van der Waals surface area contributed by atoms with E-state index in [4.69, 9.17) is 0 Å². The van der Waals surface area contributed by atoms with E-state index in [1.54, 1.807) is 0 Å². The third-order valence-electron chi connectivity index (χ3n) is 3.86. The molecule has 0 aromatic carbocycles. The van der Waals surface area contributed by atoms with Gasteiger partial charge in [-0.1, -0.05) is 12.1 Å². The Labute approximate surface area is 120 Å². The topological polar surface area (TPSA) is 60.6 Å². The van der Waals surface area contributed by atoms with Crippen LogP contribution in [-0.2, 0) is 20.0 Å². The molecule has 20 heavy (non-hydrogen) atoms. The maximum absolute atomic E-state index is 4.49. The zero-order chi connectivity index (χ0) is 14.7. The van der Waals surface area contributed by atoms with Gasteiger partial charge in [-0.05, 0) is 39.3 Å². The van der Waals surface area contributed by atoms with E-state index in [9.17, 15) is 0 Å². The highest BCUT2D eigenvalue weighted by atomic mass is 15.4. The Morgan fingerprint density at radius 2 is 2.10 bits per heavy atom. The highest BCUT2D eigenvalue weighted by molar-refractivity contribution is 5.26. The molecule has 0 aliphatic heterocycles. The van der Waals surface area contributed by atoms with E-state index in [0.717, 1.165) is 30.8 Å². The zero-order valence-corrected chi connectivity index (χ0v) is 13.0. The van der Waals surface area contributed by atoms with Gasteiger partial charge in [0.15, 0.2) is 0 Å². The average Bonchev–Trinajstić information content (AvgIpc) is 2.96. The lowest BCUT2D eigenvalue weighted by atomic mass is 10.0. The number of aryl methyl sites for hydroxylation is 3. The molecule has 2 rings (SSSR count). The highest BCUT2D eigenvalue weighted by Crippen LogP contribution is 2.22. The maximum Gasteiger partial charge on any atom is 0.0759 e. The number of nitrogens with zero attached hydrogens (tertiary/aromatic N) is 5. The lowest BCUT2D eigenvalue weighted by molar-refractivity contribution is 0.489. The molecule has 0 spiro atoms. The smallest absolute Gasteiger partial charge is 0.0759 e. The fourth-order valence-electron chi connectivity index (χ4n) is 2.59. The molecule has 2 heterocycles. The fraction of sp³-hybridized carbons (Fsp3) is 0.643. The van der Waals surface area contributed by atoms with Crippen LogP contribution in [0.25, 0.3) is 0 Å². The lowest BCUT2D eigenvalue weighted by Crippen LogP contribution is -2.23. The molecule has 0 aliphatic carbocycles. The summed E-state index contributed by atoms with van der Waals surface area (Å²) in [5.74, 6) is 0. The van der Waals surface area contributed by atoms with E-state index in [1.165, 1.54) is 11.3 Å². The van der Waals surface area contributed by atoms with Crippen molar-refractivity contribution in [3.8, 4) is 0 Å². The van der Waals surface area contributed by atoms with Gasteiger partial charge in [0.2, 0.25) is 0 Å². The molecule has 1 N–H and O–H groups in total. The van der Waals surface area contributed by atoms with Crippen molar-refractivity contribution in [1.82, 2.24) is 30.1 Å². The van der Waals surface area contributed by atoms with Gasteiger partial charge in [-0.2, -0.15) is 5.10 Å². The first-order chi connectivity index (χ1) is 9.58. The maximum atomic E-state index is 4.49. The van der Waals surface area contributed by atoms with E-state index in [0.29, 0.717) is 0 Å². The number of likely N-dealkylation sites (N-methyl/N-ethyl adjacent to an activating group) is 1. The predicted molar refractivity (Wildman–Crippen MR) is 78.5 cm³/mol. The summed E-state index contributed by atoms with van der Waals surface area (Å²) in [5, 5.41) is 16.1. The van der Waals surface area contributed by atoms with Gasteiger partial charge < -0.3 is 5.32 Å². The summed E-state index contributed by atoms with van der Waals surface area (Å²) in [7, 11) is 3.97. The summed E-state index contributed by atoms with van der Waals surface area (Å²) < 4.78 is 3.93. The quantitative estimate of drug-likeness (QED) is 0.869. The molecule has 0 amide bonds. The van der Waals surface area contributed by atoms with Gasteiger partial charge in [-0.15, -0.1) is 5.10 Å². The Kier molecular flexibility index (Phi) is 4.54. The average molecular weight is 276 g/mol. The molecule has 0 bridgehead atoms. The Balaban J connectivity index is 2.26. The Morgan fingerprint density at radius 1 is 1.35 bits per heavy atom. The summed E-state index contributed by atoms with van der Waals surface area (Å²) in [6, 6.07) is 0.207. The van der Waals surface area contributed by atoms with Crippen LogP contribution >= 0.6 is 0 Å². The molecule has 0 aliphatic rings. The molecule has 2 aromatic heterocycles. The van der Waals surface area contributed by atoms with Crippen molar-refractivity contribution in [2.75, 3.05) is 7.05 Å². The summed E-state index contributed by atoms with van der Waals surface area (Å²) in [6.45, 7) is 7.23. The normalized spacial score (nSPS) is 12.8. The molecule has 0 radical (unpaired) electrons. The molecule has 0 saturated carbocycles. The van der Waals surface area contributed by atoms with Gasteiger partial charge in [-0.3, -0.25) is 4.68 Å². The Morgan fingerprint density at radius 3 is 2.65 bits per heavy atom. The Hall–Kier alpha value is -1.69. The molecule has 0 saturated heterocycles. The molecule has 6 nitrogen and oxygen atoms in total. The van der Waals surface area contributed by atoms with Crippen LogP contribution in [0.5, 0.6) is 0 Å². The van der Waals surface area contributed by atoms with Gasteiger partial charge in [0.25, 0.3) is 0 Å². The number of rotatable bonds is 6. The first kappa shape index (κ1) is 14.7. The van der Waals surface area contributed by atoms with Crippen molar-refractivity contribution >= 4 is 0 Å². The molecule has 2 aromatic rings. The molecule has 110 valence electrons. The van der Waals surface area contributed by atoms with Gasteiger partial charge >= 0.3 is 0 Å². The van der Waals surface area contributed by atoms with Crippen molar-refractivity contribution in [3.63, 3.8) is 0 Å². The van der Waals surface area contributed by atoms with Crippen molar-refractivity contribution in [2.24, 2.45) is 7.05 Å². The summed E-state index contributed by atoms with van der Waals surface area (Å²) in [6.07, 6.45) is 3.81. The van der Waals surface area contributed by atoms with Gasteiger partial charge in [0, 0.05) is 19.3 Å². The van der Waals surface area contributed by atoms with Crippen molar-refractivity contribution < 1.29 is 0 Å². The standard InChI is InChI=1S/C14H24N6/c1-6-7-20-14(9-16-18-20)13(15-4)8-12-10(2)17-19(5)11(12)3/h9,13,15H,6-8H2,1-5H3. The van der Waals surface area contributed by atoms with Crippen molar-refractivity contribution in [3.05, 3.63) is 28.8 Å². The van der Waals surface area contributed by atoms with Crippen LogP contribution in [0.1, 0.15) is 42.0 Å².